The molecule has 0 bridgehead atoms. The number of carbonyl (C=O) groups is 1. The summed E-state index contributed by atoms with van der Waals surface area (Å²) in [5, 5.41) is 9.69. The van der Waals surface area contributed by atoms with Gasteiger partial charge in [0.15, 0.2) is 4.96 Å². The normalized spacial score (nSPS) is 12.1. The zero-order valence-corrected chi connectivity index (χ0v) is 22.2. The van der Waals surface area contributed by atoms with Crippen molar-refractivity contribution in [3.05, 3.63) is 105 Å². The van der Waals surface area contributed by atoms with E-state index in [0.29, 0.717) is 27.6 Å². The maximum absolute atomic E-state index is 13.8. The second-order valence-corrected chi connectivity index (χ2v) is 10.0. The van der Waals surface area contributed by atoms with E-state index in [0.717, 1.165) is 23.4 Å². The molecule has 0 radical (unpaired) electrons. The first-order chi connectivity index (χ1) is 17.9. The Labute approximate surface area is 219 Å². The summed E-state index contributed by atoms with van der Waals surface area (Å²) in [5.41, 5.74) is 6.18. The van der Waals surface area contributed by atoms with Gasteiger partial charge in [-0.15, -0.1) is 11.3 Å². The number of aromatic nitrogens is 4. The maximum Gasteiger partial charge on any atom is 0.268 e. The lowest BCUT2D eigenvalue weighted by Crippen LogP contribution is -2.29. The highest BCUT2D eigenvalue weighted by Gasteiger charge is 2.21. The number of para-hydroxylation sites is 1. The molecule has 0 spiro atoms. The van der Waals surface area contributed by atoms with E-state index in [1.165, 1.54) is 16.9 Å². The van der Waals surface area contributed by atoms with Gasteiger partial charge in [0.05, 0.1) is 29.4 Å². The molecule has 3 heterocycles. The lowest BCUT2D eigenvalue weighted by Gasteiger charge is -2.14. The Morgan fingerprint density at radius 1 is 1.08 bits per heavy atom. The summed E-state index contributed by atoms with van der Waals surface area (Å²) >= 11 is 1.36. The molecule has 1 atom stereocenters. The van der Waals surface area contributed by atoms with Crippen molar-refractivity contribution < 1.29 is 4.79 Å². The van der Waals surface area contributed by atoms with Crippen LogP contribution in [0.2, 0.25) is 0 Å². The molecule has 2 aromatic carbocycles. The first kappa shape index (κ1) is 24.6. The highest BCUT2D eigenvalue weighted by Crippen LogP contribution is 2.25. The lowest BCUT2D eigenvalue weighted by atomic mass is 10.1. The standard InChI is InChI=1S/C29H29N5O2S/c1-5-21-11-9-10-14-25(21)34-18(2)15-24(32-34)27-20(4)31-29-33(28(27)36)23(17-37-29)16-26(35)30-19(3)22-12-7-6-8-13-22/h6-15,17,19H,5,16H2,1-4H3,(H,30,35). The predicted octanol–water partition coefficient (Wildman–Crippen LogP) is 5.21. The number of thiazole rings is 1. The van der Waals surface area contributed by atoms with Gasteiger partial charge in [0.25, 0.3) is 5.56 Å². The number of rotatable bonds is 7. The minimum atomic E-state index is -0.212. The number of hydrogen-bond donors (Lipinski definition) is 1. The molecular formula is C29H29N5O2S. The van der Waals surface area contributed by atoms with Crippen molar-refractivity contribution >= 4 is 22.2 Å². The summed E-state index contributed by atoms with van der Waals surface area (Å²) in [7, 11) is 0. The number of nitrogens with zero attached hydrogens (tertiary/aromatic N) is 4. The largest absolute Gasteiger partial charge is 0.349 e. The highest BCUT2D eigenvalue weighted by atomic mass is 32.1. The van der Waals surface area contributed by atoms with Crippen LogP contribution >= 0.6 is 11.3 Å². The number of amides is 1. The van der Waals surface area contributed by atoms with E-state index in [-0.39, 0.29) is 23.9 Å². The van der Waals surface area contributed by atoms with Crippen molar-refractivity contribution in [2.24, 2.45) is 0 Å². The van der Waals surface area contributed by atoms with E-state index in [9.17, 15) is 9.59 Å². The second kappa shape index (κ2) is 10.1. The molecule has 1 unspecified atom stereocenters. The quantitative estimate of drug-likeness (QED) is 0.325. The van der Waals surface area contributed by atoms with E-state index >= 15 is 0 Å². The first-order valence-corrected chi connectivity index (χ1v) is 13.2. The number of hydrogen-bond acceptors (Lipinski definition) is 5. The van der Waals surface area contributed by atoms with Crippen molar-refractivity contribution in [1.82, 2.24) is 24.5 Å². The van der Waals surface area contributed by atoms with E-state index in [2.05, 4.69) is 18.3 Å². The lowest BCUT2D eigenvalue weighted by molar-refractivity contribution is -0.121. The van der Waals surface area contributed by atoms with Crippen LogP contribution in [0.15, 0.2) is 70.8 Å². The van der Waals surface area contributed by atoms with Crippen LogP contribution in [0, 0.1) is 13.8 Å². The molecule has 8 heteroatoms. The van der Waals surface area contributed by atoms with E-state index in [1.54, 1.807) is 4.40 Å². The van der Waals surface area contributed by atoms with Crippen LogP contribution in [0.5, 0.6) is 0 Å². The Kier molecular flexibility index (Phi) is 6.76. The van der Waals surface area contributed by atoms with Gasteiger partial charge >= 0.3 is 0 Å². The molecule has 1 N–H and O–H groups in total. The number of benzene rings is 2. The molecule has 3 aromatic heterocycles. The van der Waals surface area contributed by atoms with Crippen molar-refractivity contribution in [1.29, 1.82) is 0 Å². The Morgan fingerprint density at radius 2 is 1.81 bits per heavy atom. The predicted molar refractivity (Wildman–Crippen MR) is 147 cm³/mol. The van der Waals surface area contributed by atoms with Crippen molar-refractivity contribution in [3.63, 3.8) is 0 Å². The SMILES string of the molecule is CCc1ccccc1-n1nc(-c2c(C)nc3scc(CC(=O)NC(C)c4ccccc4)n3c2=O)cc1C. The number of carbonyl (C=O) groups excluding carboxylic acids is 1. The van der Waals surface area contributed by atoms with Gasteiger partial charge in [0.2, 0.25) is 5.91 Å². The van der Waals surface area contributed by atoms with Gasteiger partial charge in [-0.05, 0) is 50.5 Å². The zero-order valence-electron chi connectivity index (χ0n) is 21.4. The number of fused-ring (bicyclic) bond motifs is 1. The Balaban J connectivity index is 1.50. The molecule has 5 aromatic rings. The Hall–Kier alpha value is -4.04. The summed E-state index contributed by atoms with van der Waals surface area (Å²) in [6.07, 6.45) is 0.960. The number of nitrogens with one attached hydrogen (secondary N) is 1. The molecule has 0 aliphatic carbocycles. The fourth-order valence-corrected chi connectivity index (χ4v) is 5.59. The summed E-state index contributed by atoms with van der Waals surface area (Å²) in [4.78, 5) is 31.9. The molecule has 0 aliphatic rings. The van der Waals surface area contributed by atoms with Gasteiger partial charge in [0.1, 0.15) is 5.69 Å². The Bertz CT molecular complexity index is 1650. The van der Waals surface area contributed by atoms with E-state index in [4.69, 9.17) is 10.1 Å². The van der Waals surface area contributed by atoms with Crippen molar-refractivity contribution in [3.8, 4) is 16.9 Å². The smallest absolute Gasteiger partial charge is 0.268 e. The van der Waals surface area contributed by atoms with Crippen LogP contribution in [0.3, 0.4) is 0 Å². The van der Waals surface area contributed by atoms with Gasteiger partial charge in [-0.3, -0.25) is 14.0 Å². The van der Waals surface area contributed by atoms with Crippen LogP contribution in [0.25, 0.3) is 21.9 Å². The first-order valence-electron chi connectivity index (χ1n) is 12.4. The van der Waals surface area contributed by atoms with Gasteiger partial charge < -0.3 is 5.32 Å². The minimum Gasteiger partial charge on any atom is -0.349 e. The van der Waals surface area contributed by atoms with Crippen LogP contribution in [-0.2, 0) is 17.6 Å². The van der Waals surface area contributed by atoms with Gasteiger partial charge in [-0.25, -0.2) is 9.67 Å². The monoisotopic (exact) mass is 511 g/mol. The van der Waals surface area contributed by atoms with E-state index < -0.39 is 0 Å². The van der Waals surface area contributed by atoms with Gasteiger partial charge in [-0.1, -0.05) is 55.5 Å². The topological polar surface area (TPSA) is 81.3 Å². The molecule has 0 aliphatic heterocycles. The molecule has 5 rings (SSSR count). The molecule has 188 valence electrons. The fraction of sp³-hybridized carbons (Fsp3) is 0.241. The molecule has 37 heavy (non-hydrogen) atoms. The molecule has 0 saturated carbocycles. The third-order valence-corrected chi connectivity index (χ3v) is 7.46. The summed E-state index contributed by atoms with van der Waals surface area (Å²) in [5.74, 6) is -0.152. The molecule has 0 saturated heterocycles. The summed E-state index contributed by atoms with van der Waals surface area (Å²) < 4.78 is 3.43. The van der Waals surface area contributed by atoms with Crippen molar-refractivity contribution in [2.75, 3.05) is 0 Å². The fourth-order valence-electron chi connectivity index (χ4n) is 4.66. The van der Waals surface area contributed by atoms with E-state index in [1.807, 2.05) is 85.4 Å². The minimum absolute atomic E-state index is 0.0819. The third kappa shape index (κ3) is 4.72. The summed E-state index contributed by atoms with van der Waals surface area (Å²) in [6.45, 7) is 7.88. The molecular weight excluding hydrogens is 482 g/mol. The zero-order chi connectivity index (χ0) is 26.1. The van der Waals surface area contributed by atoms with Crippen LogP contribution in [0.4, 0.5) is 0 Å². The molecule has 0 fully saturated rings. The van der Waals surface area contributed by atoms with Gasteiger partial charge in [0, 0.05) is 16.8 Å². The van der Waals surface area contributed by atoms with Crippen LogP contribution in [0.1, 0.15) is 48.1 Å². The molecule has 7 nitrogen and oxygen atoms in total. The second-order valence-electron chi connectivity index (χ2n) is 9.16. The van der Waals surface area contributed by atoms with Crippen LogP contribution in [-0.4, -0.2) is 25.1 Å². The summed E-state index contributed by atoms with van der Waals surface area (Å²) in [6, 6.07) is 19.7. The van der Waals surface area contributed by atoms with Crippen LogP contribution < -0.4 is 10.9 Å². The third-order valence-electron chi connectivity index (χ3n) is 6.58. The average molecular weight is 512 g/mol. The Morgan fingerprint density at radius 3 is 2.57 bits per heavy atom. The maximum atomic E-state index is 13.8. The molecule has 1 amide bonds. The van der Waals surface area contributed by atoms with Gasteiger partial charge in [-0.2, -0.15) is 5.10 Å². The number of aryl methyl sites for hydroxylation is 3. The average Bonchev–Trinajstić information content (AvgIpc) is 3.47. The van der Waals surface area contributed by atoms with Crippen molar-refractivity contribution in [2.45, 2.75) is 46.6 Å². The highest BCUT2D eigenvalue weighted by molar-refractivity contribution is 7.15.